The third-order valence-corrected chi connectivity index (χ3v) is 6.06. The fourth-order valence-electron chi connectivity index (χ4n) is 3.45. The standard InChI is InChI=1S/C21H23N5O3S/c1-15-18(8-13-29-15)20-22-23-21(26(20)17-6-4-3-5-7-17)30-14-19(28)25-11-9-24(10-12-25)16(2)27/h3-8,13H,9-12,14H2,1-2H3. The fourth-order valence-corrected chi connectivity index (χ4v) is 4.31. The van der Waals surface area contributed by atoms with Crippen molar-refractivity contribution in [3.63, 3.8) is 0 Å². The normalized spacial score (nSPS) is 14.2. The first-order chi connectivity index (χ1) is 14.5. The average Bonchev–Trinajstić information content (AvgIpc) is 3.38. The van der Waals surface area contributed by atoms with Gasteiger partial charge in [-0.05, 0) is 25.1 Å². The Bertz CT molecular complexity index is 1040. The minimum atomic E-state index is 0.0341. The van der Waals surface area contributed by atoms with Crippen LogP contribution in [0.25, 0.3) is 17.1 Å². The van der Waals surface area contributed by atoms with Gasteiger partial charge >= 0.3 is 0 Å². The summed E-state index contributed by atoms with van der Waals surface area (Å²) in [6.07, 6.45) is 1.63. The van der Waals surface area contributed by atoms with Crippen LogP contribution in [0, 0.1) is 6.92 Å². The summed E-state index contributed by atoms with van der Waals surface area (Å²) in [5.74, 6) is 1.78. The molecule has 0 aliphatic carbocycles. The summed E-state index contributed by atoms with van der Waals surface area (Å²) in [5, 5.41) is 9.38. The van der Waals surface area contributed by atoms with Crippen molar-refractivity contribution in [3.8, 4) is 17.1 Å². The van der Waals surface area contributed by atoms with Crippen molar-refractivity contribution in [1.29, 1.82) is 0 Å². The van der Waals surface area contributed by atoms with Crippen LogP contribution in [0.5, 0.6) is 0 Å². The molecule has 156 valence electrons. The Kier molecular flexibility index (Phi) is 5.89. The van der Waals surface area contributed by atoms with Gasteiger partial charge in [0.1, 0.15) is 5.76 Å². The number of amides is 2. The van der Waals surface area contributed by atoms with Gasteiger partial charge in [0.25, 0.3) is 0 Å². The van der Waals surface area contributed by atoms with E-state index in [0.29, 0.717) is 37.2 Å². The van der Waals surface area contributed by atoms with E-state index in [2.05, 4.69) is 10.2 Å². The second-order valence-electron chi connectivity index (χ2n) is 7.04. The lowest BCUT2D eigenvalue weighted by Gasteiger charge is -2.34. The quantitative estimate of drug-likeness (QED) is 0.585. The van der Waals surface area contributed by atoms with E-state index in [9.17, 15) is 9.59 Å². The molecule has 30 heavy (non-hydrogen) atoms. The highest BCUT2D eigenvalue weighted by atomic mass is 32.2. The minimum Gasteiger partial charge on any atom is -0.469 e. The largest absolute Gasteiger partial charge is 0.469 e. The van der Waals surface area contributed by atoms with E-state index in [4.69, 9.17) is 4.42 Å². The molecule has 3 heterocycles. The molecule has 0 saturated carbocycles. The lowest BCUT2D eigenvalue weighted by Crippen LogP contribution is -2.50. The Balaban J connectivity index is 1.52. The lowest BCUT2D eigenvalue weighted by atomic mass is 10.2. The zero-order valence-corrected chi connectivity index (χ0v) is 17.8. The molecule has 1 saturated heterocycles. The molecule has 0 unspecified atom stereocenters. The van der Waals surface area contributed by atoms with Crippen molar-refractivity contribution >= 4 is 23.6 Å². The molecular formula is C21H23N5O3S. The lowest BCUT2D eigenvalue weighted by molar-refractivity contribution is -0.136. The Labute approximate surface area is 178 Å². The second kappa shape index (κ2) is 8.74. The van der Waals surface area contributed by atoms with Crippen molar-refractivity contribution in [2.24, 2.45) is 0 Å². The number of piperazine rings is 1. The Morgan fingerprint density at radius 1 is 1.03 bits per heavy atom. The van der Waals surface area contributed by atoms with Crippen molar-refractivity contribution in [3.05, 3.63) is 48.4 Å². The van der Waals surface area contributed by atoms with Gasteiger partial charge in [-0.1, -0.05) is 30.0 Å². The van der Waals surface area contributed by atoms with Crippen LogP contribution in [0.3, 0.4) is 0 Å². The molecular weight excluding hydrogens is 402 g/mol. The zero-order chi connectivity index (χ0) is 21.1. The Morgan fingerprint density at radius 2 is 1.73 bits per heavy atom. The highest BCUT2D eigenvalue weighted by molar-refractivity contribution is 7.99. The summed E-state index contributed by atoms with van der Waals surface area (Å²) < 4.78 is 7.39. The van der Waals surface area contributed by atoms with E-state index in [1.807, 2.05) is 47.9 Å². The molecule has 1 aromatic carbocycles. The molecule has 4 rings (SSSR count). The highest BCUT2D eigenvalue weighted by Crippen LogP contribution is 2.30. The molecule has 1 aliphatic heterocycles. The molecule has 0 N–H and O–H groups in total. The Morgan fingerprint density at radius 3 is 2.37 bits per heavy atom. The average molecular weight is 426 g/mol. The summed E-state index contributed by atoms with van der Waals surface area (Å²) in [6, 6.07) is 11.7. The van der Waals surface area contributed by atoms with Gasteiger partial charge in [-0.25, -0.2) is 0 Å². The summed E-state index contributed by atoms with van der Waals surface area (Å²) in [4.78, 5) is 27.8. The van der Waals surface area contributed by atoms with E-state index < -0.39 is 0 Å². The van der Waals surface area contributed by atoms with E-state index in [-0.39, 0.29) is 17.6 Å². The van der Waals surface area contributed by atoms with E-state index in [1.165, 1.54) is 11.8 Å². The van der Waals surface area contributed by atoms with Crippen molar-refractivity contribution in [2.75, 3.05) is 31.9 Å². The van der Waals surface area contributed by atoms with Crippen LogP contribution in [0.4, 0.5) is 0 Å². The number of para-hydroxylation sites is 1. The van der Waals surface area contributed by atoms with Gasteiger partial charge in [0.2, 0.25) is 11.8 Å². The molecule has 1 fully saturated rings. The molecule has 9 heteroatoms. The summed E-state index contributed by atoms with van der Waals surface area (Å²) in [7, 11) is 0. The van der Waals surface area contributed by atoms with Crippen LogP contribution in [0.15, 0.2) is 52.2 Å². The molecule has 0 bridgehead atoms. The number of carbonyl (C=O) groups is 2. The SMILES string of the molecule is CC(=O)N1CCN(C(=O)CSc2nnc(-c3ccoc3C)n2-c2ccccc2)CC1. The first-order valence-corrected chi connectivity index (χ1v) is 10.7. The van der Waals surface area contributed by atoms with Gasteiger partial charge in [-0.2, -0.15) is 0 Å². The number of hydrogen-bond donors (Lipinski definition) is 0. The van der Waals surface area contributed by atoms with Gasteiger partial charge in [0.15, 0.2) is 11.0 Å². The summed E-state index contributed by atoms with van der Waals surface area (Å²) in [6.45, 7) is 5.72. The van der Waals surface area contributed by atoms with Crippen molar-refractivity contribution in [1.82, 2.24) is 24.6 Å². The maximum atomic E-state index is 12.7. The van der Waals surface area contributed by atoms with Crippen LogP contribution < -0.4 is 0 Å². The number of furan rings is 1. The topological polar surface area (TPSA) is 84.5 Å². The number of nitrogens with zero attached hydrogens (tertiary/aromatic N) is 5. The maximum absolute atomic E-state index is 12.7. The number of aryl methyl sites for hydroxylation is 1. The Hall–Kier alpha value is -3.07. The number of thioether (sulfide) groups is 1. The van der Waals surface area contributed by atoms with E-state index in [1.54, 1.807) is 23.0 Å². The van der Waals surface area contributed by atoms with E-state index >= 15 is 0 Å². The highest BCUT2D eigenvalue weighted by Gasteiger charge is 2.24. The van der Waals surface area contributed by atoms with Crippen LogP contribution in [-0.2, 0) is 9.59 Å². The predicted molar refractivity (Wildman–Crippen MR) is 113 cm³/mol. The van der Waals surface area contributed by atoms with Crippen LogP contribution in [-0.4, -0.2) is 68.3 Å². The number of hydrogen-bond acceptors (Lipinski definition) is 6. The number of carbonyl (C=O) groups excluding carboxylic acids is 2. The molecule has 2 aromatic heterocycles. The summed E-state index contributed by atoms with van der Waals surface area (Å²) >= 11 is 1.36. The third-order valence-electron chi connectivity index (χ3n) is 5.15. The third kappa shape index (κ3) is 4.11. The van der Waals surface area contributed by atoms with Crippen LogP contribution >= 0.6 is 11.8 Å². The maximum Gasteiger partial charge on any atom is 0.233 e. The fraction of sp³-hybridized carbons (Fsp3) is 0.333. The van der Waals surface area contributed by atoms with Gasteiger partial charge in [0.05, 0.1) is 17.6 Å². The zero-order valence-electron chi connectivity index (χ0n) is 16.9. The number of rotatable bonds is 5. The van der Waals surface area contributed by atoms with Crippen LogP contribution in [0.1, 0.15) is 12.7 Å². The van der Waals surface area contributed by atoms with E-state index in [0.717, 1.165) is 17.0 Å². The molecule has 1 aliphatic rings. The monoisotopic (exact) mass is 425 g/mol. The molecule has 8 nitrogen and oxygen atoms in total. The molecule has 0 atom stereocenters. The molecule has 3 aromatic rings. The summed E-state index contributed by atoms with van der Waals surface area (Å²) in [5.41, 5.74) is 1.79. The minimum absolute atomic E-state index is 0.0341. The van der Waals surface area contributed by atoms with Gasteiger partial charge in [-0.15, -0.1) is 10.2 Å². The molecule has 0 spiro atoms. The van der Waals surface area contributed by atoms with Gasteiger partial charge < -0.3 is 14.2 Å². The molecule has 2 amide bonds. The van der Waals surface area contributed by atoms with Crippen molar-refractivity contribution < 1.29 is 14.0 Å². The first-order valence-electron chi connectivity index (χ1n) is 9.76. The molecule has 0 radical (unpaired) electrons. The second-order valence-corrected chi connectivity index (χ2v) is 7.99. The number of benzene rings is 1. The predicted octanol–water partition coefficient (Wildman–Crippen LogP) is 2.62. The van der Waals surface area contributed by atoms with Gasteiger partial charge in [0, 0.05) is 38.8 Å². The van der Waals surface area contributed by atoms with Crippen molar-refractivity contribution in [2.45, 2.75) is 19.0 Å². The smallest absolute Gasteiger partial charge is 0.233 e. The van der Waals surface area contributed by atoms with Crippen LogP contribution in [0.2, 0.25) is 0 Å². The number of aromatic nitrogens is 3. The van der Waals surface area contributed by atoms with Gasteiger partial charge in [-0.3, -0.25) is 14.2 Å². The first kappa shape index (κ1) is 20.2.